The van der Waals surface area contributed by atoms with Crippen LogP contribution >= 0.6 is 0 Å². The summed E-state index contributed by atoms with van der Waals surface area (Å²) in [4.78, 5) is 27.9. The average Bonchev–Trinajstić information content (AvgIpc) is 2.55. The van der Waals surface area contributed by atoms with Crippen molar-refractivity contribution in [2.45, 2.75) is 27.7 Å². The first-order valence-corrected chi connectivity index (χ1v) is 8.21. The zero-order valence-corrected chi connectivity index (χ0v) is 14.2. The summed E-state index contributed by atoms with van der Waals surface area (Å²) in [5.74, 6) is 1.52. The van der Waals surface area contributed by atoms with Gasteiger partial charge in [-0.05, 0) is 27.3 Å². The molecule has 0 N–H and O–H groups in total. The van der Waals surface area contributed by atoms with Crippen molar-refractivity contribution in [3.63, 3.8) is 0 Å². The Morgan fingerprint density at radius 3 is 2.32 bits per heavy atom. The molecule has 0 spiro atoms. The molecule has 1 aromatic rings. The fraction of sp³-hybridized carbons (Fsp3) is 0.688. The first kappa shape index (κ1) is 16.7. The molecule has 2 rings (SSSR count). The van der Waals surface area contributed by atoms with Gasteiger partial charge < -0.3 is 14.7 Å². The number of carbonyl (C=O) groups is 1. The van der Waals surface area contributed by atoms with Gasteiger partial charge in [-0.15, -0.1) is 0 Å². The Morgan fingerprint density at radius 1 is 1.14 bits per heavy atom. The standard InChI is InChI=1S/C16H27N5O/c1-5-19-8-10-21(11-9-19)16(22)14-12-15(18-13(4)17-14)20(6-2)7-3/h12H,5-11H2,1-4H3. The van der Waals surface area contributed by atoms with Crippen LogP contribution in [0.5, 0.6) is 0 Å². The molecule has 1 fully saturated rings. The van der Waals surface area contributed by atoms with E-state index in [2.05, 4.69) is 40.5 Å². The Balaban J connectivity index is 2.16. The second kappa shape index (κ2) is 7.54. The third-order valence-corrected chi connectivity index (χ3v) is 4.24. The van der Waals surface area contributed by atoms with E-state index in [0.717, 1.165) is 51.6 Å². The van der Waals surface area contributed by atoms with E-state index in [0.29, 0.717) is 11.5 Å². The summed E-state index contributed by atoms with van der Waals surface area (Å²) in [7, 11) is 0. The molecule has 0 unspecified atom stereocenters. The number of nitrogens with zero attached hydrogens (tertiary/aromatic N) is 5. The van der Waals surface area contributed by atoms with Gasteiger partial charge in [0.15, 0.2) is 0 Å². The summed E-state index contributed by atoms with van der Waals surface area (Å²) in [5, 5.41) is 0. The quantitative estimate of drug-likeness (QED) is 0.823. The zero-order valence-electron chi connectivity index (χ0n) is 14.2. The number of hydrogen-bond acceptors (Lipinski definition) is 5. The second-order valence-corrected chi connectivity index (χ2v) is 5.56. The van der Waals surface area contributed by atoms with E-state index in [1.807, 2.05) is 17.9 Å². The predicted octanol–water partition coefficient (Wildman–Crippen LogP) is 1.41. The summed E-state index contributed by atoms with van der Waals surface area (Å²) in [5.41, 5.74) is 0.513. The third kappa shape index (κ3) is 3.74. The van der Waals surface area contributed by atoms with Crippen molar-refractivity contribution in [3.05, 3.63) is 17.6 Å². The average molecular weight is 305 g/mol. The van der Waals surface area contributed by atoms with Gasteiger partial charge in [0.2, 0.25) is 0 Å². The number of piperazine rings is 1. The smallest absolute Gasteiger partial charge is 0.272 e. The van der Waals surface area contributed by atoms with Crippen LogP contribution in [-0.4, -0.2) is 71.5 Å². The van der Waals surface area contributed by atoms with E-state index in [1.54, 1.807) is 0 Å². The van der Waals surface area contributed by atoms with Crippen molar-refractivity contribution < 1.29 is 4.79 Å². The van der Waals surface area contributed by atoms with Gasteiger partial charge in [-0.2, -0.15) is 0 Å². The molecule has 1 aliphatic rings. The number of carbonyl (C=O) groups excluding carboxylic acids is 1. The summed E-state index contributed by atoms with van der Waals surface area (Å²) < 4.78 is 0. The van der Waals surface area contributed by atoms with Crippen LogP contribution < -0.4 is 4.90 Å². The summed E-state index contributed by atoms with van der Waals surface area (Å²) >= 11 is 0. The Kier molecular flexibility index (Phi) is 5.71. The summed E-state index contributed by atoms with van der Waals surface area (Å²) in [6.45, 7) is 14.4. The molecular formula is C16H27N5O. The van der Waals surface area contributed by atoms with Crippen molar-refractivity contribution in [2.24, 2.45) is 0 Å². The minimum absolute atomic E-state index is 0.0228. The van der Waals surface area contributed by atoms with Crippen molar-refractivity contribution in [2.75, 3.05) is 50.7 Å². The van der Waals surface area contributed by atoms with Crippen molar-refractivity contribution in [3.8, 4) is 0 Å². The number of hydrogen-bond donors (Lipinski definition) is 0. The molecule has 6 nitrogen and oxygen atoms in total. The van der Waals surface area contributed by atoms with E-state index >= 15 is 0 Å². The fourth-order valence-electron chi connectivity index (χ4n) is 2.80. The van der Waals surface area contributed by atoms with Crippen LogP contribution in [-0.2, 0) is 0 Å². The van der Waals surface area contributed by atoms with Crippen LogP contribution in [0.2, 0.25) is 0 Å². The monoisotopic (exact) mass is 305 g/mol. The molecule has 0 atom stereocenters. The molecule has 1 aliphatic heterocycles. The van der Waals surface area contributed by atoms with Crippen molar-refractivity contribution >= 4 is 11.7 Å². The molecule has 1 aromatic heterocycles. The number of anilines is 1. The van der Waals surface area contributed by atoms with E-state index in [9.17, 15) is 4.79 Å². The topological polar surface area (TPSA) is 52.6 Å². The minimum atomic E-state index is 0.0228. The lowest BCUT2D eigenvalue weighted by molar-refractivity contribution is 0.0637. The van der Waals surface area contributed by atoms with Gasteiger partial charge >= 0.3 is 0 Å². The molecule has 2 heterocycles. The number of aromatic nitrogens is 2. The predicted molar refractivity (Wildman–Crippen MR) is 88.3 cm³/mol. The highest BCUT2D eigenvalue weighted by Crippen LogP contribution is 2.15. The van der Waals surface area contributed by atoms with Crippen molar-refractivity contribution in [1.29, 1.82) is 0 Å². The van der Waals surface area contributed by atoms with E-state index in [1.165, 1.54) is 0 Å². The maximum absolute atomic E-state index is 12.7. The van der Waals surface area contributed by atoms with Gasteiger partial charge in [-0.3, -0.25) is 4.79 Å². The summed E-state index contributed by atoms with van der Waals surface area (Å²) in [6, 6.07) is 1.83. The van der Waals surface area contributed by atoms with E-state index in [-0.39, 0.29) is 5.91 Å². The SMILES string of the molecule is CCN1CCN(C(=O)c2cc(N(CC)CC)nc(C)n2)CC1. The van der Waals surface area contributed by atoms with Gasteiger partial charge in [-0.1, -0.05) is 6.92 Å². The summed E-state index contributed by atoms with van der Waals surface area (Å²) in [6.07, 6.45) is 0. The highest BCUT2D eigenvalue weighted by atomic mass is 16.2. The molecule has 0 bridgehead atoms. The molecule has 22 heavy (non-hydrogen) atoms. The molecule has 1 amide bonds. The van der Waals surface area contributed by atoms with Gasteiger partial charge in [0, 0.05) is 45.3 Å². The highest BCUT2D eigenvalue weighted by molar-refractivity contribution is 5.93. The van der Waals surface area contributed by atoms with Gasteiger partial charge in [-0.25, -0.2) is 9.97 Å². The Labute approximate surface area is 133 Å². The van der Waals surface area contributed by atoms with Crippen LogP contribution in [0.25, 0.3) is 0 Å². The molecule has 1 saturated heterocycles. The van der Waals surface area contributed by atoms with Crippen LogP contribution in [0, 0.1) is 6.92 Å². The Bertz CT molecular complexity index is 507. The first-order chi connectivity index (χ1) is 10.6. The zero-order chi connectivity index (χ0) is 16.1. The highest BCUT2D eigenvalue weighted by Gasteiger charge is 2.23. The van der Waals surface area contributed by atoms with E-state index < -0.39 is 0 Å². The maximum Gasteiger partial charge on any atom is 0.272 e. The fourth-order valence-corrected chi connectivity index (χ4v) is 2.80. The lowest BCUT2D eigenvalue weighted by Crippen LogP contribution is -2.48. The first-order valence-electron chi connectivity index (χ1n) is 8.21. The lowest BCUT2D eigenvalue weighted by atomic mass is 10.2. The van der Waals surface area contributed by atoms with Crippen LogP contribution in [0.4, 0.5) is 5.82 Å². The normalized spacial score (nSPS) is 15.9. The van der Waals surface area contributed by atoms with Gasteiger partial charge in [0.05, 0.1) is 0 Å². The minimum Gasteiger partial charge on any atom is -0.357 e. The number of rotatable bonds is 5. The molecule has 6 heteroatoms. The number of likely N-dealkylation sites (N-methyl/N-ethyl adjacent to an activating group) is 1. The number of amides is 1. The van der Waals surface area contributed by atoms with E-state index in [4.69, 9.17) is 0 Å². The van der Waals surface area contributed by atoms with Crippen LogP contribution in [0.15, 0.2) is 6.07 Å². The third-order valence-electron chi connectivity index (χ3n) is 4.24. The van der Waals surface area contributed by atoms with Gasteiger partial charge in [0.25, 0.3) is 5.91 Å². The molecule has 0 aromatic carbocycles. The van der Waals surface area contributed by atoms with Crippen LogP contribution in [0.1, 0.15) is 37.1 Å². The largest absolute Gasteiger partial charge is 0.357 e. The maximum atomic E-state index is 12.7. The molecule has 0 aliphatic carbocycles. The molecule has 0 saturated carbocycles. The molecule has 0 radical (unpaired) electrons. The Morgan fingerprint density at radius 2 is 1.77 bits per heavy atom. The molecular weight excluding hydrogens is 278 g/mol. The second-order valence-electron chi connectivity index (χ2n) is 5.56. The van der Waals surface area contributed by atoms with Crippen molar-refractivity contribution in [1.82, 2.24) is 19.8 Å². The van der Waals surface area contributed by atoms with Crippen LogP contribution in [0.3, 0.4) is 0 Å². The molecule has 122 valence electrons. The lowest BCUT2D eigenvalue weighted by Gasteiger charge is -2.34. The Hall–Kier alpha value is -1.69. The van der Waals surface area contributed by atoms with Gasteiger partial charge in [0.1, 0.15) is 17.3 Å². The number of aryl methyl sites for hydroxylation is 1.